The molecule has 6 heteroatoms. The van der Waals surface area contributed by atoms with Crippen LogP contribution in [0.3, 0.4) is 0 Å². The number of pyridine rings is 1. The Morgan fingerprint density at radius 1 is 1.11 bits per heavy atom. The molecule has 0 bridgehead atoms. The van der Waals surface area contributed by atoms with E-state index in [9.17, 15) is 14.3 Å². The standard InChI is InChI=1S/C22H26FN3O2/c23-20-4-2-1-3-18(20)14-26-15-19(21(27)28)22(16-26)7-11-25(12-8-22)13-17-5-9-24-10-6-17/h1-6,9-10,19H,7-8,11-16H2,(H,27,28). The highest BCUT2D eigenvalue weighted by Crippen LogP contribution is 2.45. The van der Waals surface area contributed by atoms with Crippen LogP contribution in [0.15, 0.2) is 48.8 Å². The van der Waals surface area contributed by atoms with Gasteiger partial charge in [0.1, 0.15) is 5.82 Å². The number of carboxylic acid groups (broad SMARTS) is 1. The predicted molar refractivity (Wildman–Crippen MR) is 104 cm³/mol. The Labute approximate surface area is 164 Å². The van der Waals surface area contributed by atoms with Gasteiger partial charge in [0.25, 0.3) is 0 Å². The summed E-state index contributed by atoms with van der Waals surface area (Å²) in [6.07, 6.45) is 5.34. The molecule has 0 amide bonds. The van der Waals surface area contributed by atoms with Crippen LogP contribution in [0.5, 0.6) is 0 Å². The van der Waals surface area contributed by atoms with Crippen LogP contribution in [-0.4, -0.2) is 52.0 Å². The Bertz CT molecular complexity index is 822. The normalized spacial score (nSPS) is 22.5. The number of benzene rings is 1. The monoisotopic (exact) mass is 383 g/mol. The van der Waals surface area contributed by atoms with Gasteiger partial charge in [-0.25, -0.2) is 4.39 Å². The minimum atomic E-state index is -0.724. The van der Waals surface area contributed by atoms with E-state index in [1.54, 1.807) is 24.5 Å². The summed E-state index contributed by atoms with van der Waals surface area (Å²) < 4.78 is 14.0. The van der Waals surface area contributed by atoms with Gasteiger partial charge in [0.2, 0.25) is 0 Å². The largest absolute Gasteiger partial charge is 0.481 e. The summed E-state index contributed by atoms with van der Waals surface area (Å²) in [7, 11) is 0. The second-order valence-electron chi connectivity index (χ2n) is 8.15. The number of hydrogen-bond acceptors (Lipinski definition) is 4. The Morgan fingerprint density at radius 2 is 1.82 bits per heavy atom. The third-order valence-corrected chi connectivity index (χ3v) is 6.38. The molecule has 1 N–H and O–H groups in total. The first kappa shape index (κ1) is 19.0. The number of halogens is 1. The van der Waals surface area contributed by atoms with Crippen molar-refractivity contribution in [3.8, 4) is 0 Å². The lowest BCUT2D eigenvalue weighted by atomic mass is 9.71. The number of piperidine rings is 1. The molecule has 5 nitrogen and oxygen atoms in total. The van der Waals surface area contributed by atoms with Crippen molar-refractivity contribution in [2.45, 2.75) is 25.9 Å². The number of hydrogen-bond donors (Lipinski definition) is 1. The number of aromatic nitrogens is 1. The van der Waals surface area contributed by atoms with Crippen LogP contribution in [0.1, 0.15) is 24.0 Å². The maximum atomic E-state index is 14.0. The van der Waals surface area contributed by atoms with E-state index in [0.29, 0.717) is 18.7 Å². The number of carbonyl (C=O) groups is 1. The Kier molecular flexibility index (Phi) is 5.42. The molecular formula is C22H26FN3O2. The van der Waals surface area contributed by atoms with Crippen LogP contribution in [0.2, 0.25) is 0 Å². The summed E-state index contributed by atoms with van der Waals surface area (Å²) in [4.78, 5) is 20.6. The van der Waals surface area contributed by atoms with Crippen LogP contribution in [0, 0.1) is 17.2 Å². The van der Waals surface area contributed by atoms with Gasteiger partial charge in [-0.2, -0.15) is 0 Å². The average Bonchev–Trinajstić information content (AvgIpc) is 3.04. The second-order valence-corrected chi connectivity index (χ2v) is 8.15. The lowest BCUT2D eigenvalue weighted by molar-refractivity contribution is -0.146. The molecule has 4 rings (SSSR count). The number of carboxylic acids is 1. The Morgan fingerprint density at radius 3 is 2.50 bits per heavy atom. The molecule has 28 heavy (non-hydrogen) atoms. The fourth-order valence-corrected chi connectivity index (χ4v) is 4.81. The summed E-state index contributed by atoms with van der Waals surface area (Å²) in [5.74, 6) is -1.33. The van der Waals surface area contributed by atoms with Crippen molar-refractivity contribution in [2.24, 2.45) is 11.3 Å². The molecule has 1 spiro atoms. The first-order valence-electron chi connectivity index (χ1n) is 9.86. The first-order chi connectivity index (χ1) is 13.6. The van der Waals surface area contributed by atoms with Crippen molar-refractivity contribution in [1.82, 2.24) is 14.8 Å². The molecule has 2 saturated heterocycles. The van der Waals surface area contributed by atoms with Crippen LogP contribution >= 0.6 is 0 Å². The zero-order valence-corrected chi connectivity index (χ0v) is 15.9. The van der Waals surface area contributed by atoms with E-state index in [4.69, 9.17) is 0 Å². The number of likely N-dealkylation sites (tertiary alicyclic amines) is 2. The van der Waals surface area contributed by atoms with Crippen molar-refractivity contribution in [2.75, 3.05) is 26.2 Å². The van der Waals surface area contributed by atoms with Gasteiger partial charge < -0.3 is 5.11 Å². The highest BCUT2D eigenvalue weighted by Gasteiger charge is 2.51. The van der Waals surface area contributed by atoms with E-state index in [0.717, 1.165) is 39.0 Å². The van der Waals surface area contributed by atoms with E-state index >= 15 is 0 Å². The molecule has 2 aliphatic rings. The quantitative estimate of drug-likeness (QED) is 0.860. The van der Waals surface area contributed by atoms with Crippen LogP contribution in [0.4, 0.5) is 4.39 Å². The SMILES string of the molecule is O=C(O)C1CN(Cc2ccccc2F)CC12CCN(Cc1ccncc1)CC2. The summed E-state index contributed by atoms with van der Waals surface area (Å²) >= 11 is 0. The fourth-order valence-electron chi connectivity index (χ4n) is 4.81. The molecule has 2 aromatic rings. The smallest absolute Gasteiger partial charge is 0.308 e. The molecule has 1 atom stereocenters. The van der Waals surface area contributed by atoms with Gasteiger partial charge in [-0.05, 0) is 49.7 Å². The molecule has 148 valence electrons. The Hall–Kier alpha value is -2.31. The van der Waals surface area contributed by atoms with Gasteiger partial charge in [0.05, 0.1) is 5.92 Å². The van der Waals surface area contributed by atoms with Gasteiger partial charge >= 0.3 is 5.97 Å². The lowest BCUT2D eigenvalue weighted by Crippen LogP contribution is -2.45. The van der Waals surface area contributed by atoms with Gasteiger partial charge in [-0.3, -0.25) is 19.6 Å². The second kappa shape index (κ2) is 7.97. The van der Waals surface area contributed by atoms with Crippen LogP contribution < -0.4 is 0 Å². The van der Waals surface area contributed by atoms with E-state index in [1.165, 1.54) is 11.6 Å². The van der Waals surface area contributed by atoms with E-state index < -0.39 is 5.97 Å². The van der Waals surface area contributed by atoms with Gasteiger partial charge in [0, 0.05) is 49.6 Å². The zero-order valence-electron chi connectivity index (χ0n) is 15.9. The van der Waals surface area contributed by atoms with Crippen molar-refractivity contribution in [3.05, 3.63) is 65.7 Å². The number of aliphatic carboxylic acids is 1. The third-order valence-electron chi connectivity index (χ3n) is 6.38. The molecule has 0 radical (unpaired) electrons. The highest BCUT2D eigenvalue weighted by molar-refractivity contribution is 5.72. The van der Waals surface area contributed by atoms with Gasteiger partial charge in [0.15, 0.2) is 0 Å². The minimum absolute atomic E-state index is 0.216. The topological polar surface area (TPSA) is 56.7 Å². The first-order valence-corrected chi connectivity index (χ1v) is 9.86. The average molecular weight is 383 g/mol. The van der Waals surface area contributed by atoms with Crippen molar-refractivity contribution in [1.29, 1.82) is 0 Å². The molecule has 2 fully saturated rings. The zero-order chi connectivity index (χ0) is 19.6. The summed E-state index contributed by atoms with van der Waals surface area (Å²) in [5.41, 5.74) is 1.65. The molecule has 2 aliphatic heterocycles. The molecular weight excluding hydrogens is 357 g/mol. The third kappa shape index (κ3) is 3.93. The lowest BCUT2D eigenvalue weighted by Gasteiger charge is -2.41. The number of nitrogens with zero attached hydrogens (tertiary/aromatic N) is 3. The number of rotatable bonds is 5. The van der Waals surface area contributed by atoms with Gasteiger partial charge in [-0.15, -0.1) is 0 Å². The van der Waals surface area contributed by atoms with E-state index in [1.807, 2.05) is 18.2 Å². The van der Waals surface area contributed by atoms with Crippen LogP contribution in [0.25, 0.3) is 0 Å². The van der Waals surface area contributed by atoms with Gasteiger partial charge in [-0.1, -0.05) is 18.2 Å². The summed E-state index contributed by atoms with van der Waals surface area (Å²) in [6.45, 7) is 4.34. The summed E-state index contributed by atoms with van der Waals surface area (Å²) in [6, 6.07) is 10.8. The molecule has 0 aliphatic carbocycles. The fraction of sp³-hybridized carbons (Fsp3) is 0.455. The summed E-state index contributed by atoms with van der Waals surface area (Å²) in [5, 5.41) is 9.85. The van der Waals surface area contributed by atoms with E-state index in [-0.39, 0.29) is 17.2 Å². The predicted octanol–water partition coefficient (Wildman–Crippen LogP) is 3.02. The highest BCUT2D eigenvalue weighted by atomic mass is 19.1. The van der Waals surface area contributed by atoms with Crippen molar-refractivity contribution < 1.29 is 14.3 Å². The minimum Gasteiger partial charge on any atom is -0.481 e. The molecule has 1 aromatic carbocycles. The van der Waals surface area contributed by atoms with E-state index in [2.05, 4.69) is 14.8 Å². The molecule has 0 saturated carbocycles. The maximum absolute atomic E-state index is 14.0. The van der Waals surface area contributed by atoms with Crippen molar-refractivity contribution >= 4 is 5.97 Å². The molecule has 3 heterocycles. The molecule has 1 unspecified atom stereocenters. The molecule has 1 aromatic heterocycles. The van der Waals surface area contributed by atoms with Crippen LogP contribution in [-0.2, 0) is 17.9 Å². The van der Waals surface area contributed by atoms with Crippen molar-refractivity contribution in [3.63, 3.8) is 0 Å². The Balaban J connectivity index is 1.42. The maximum Gasteiger partial charge on any atom is 0.308 e.